The van der Waals surface area contributed by atoms with Gasteiger partial charge in [0.2, 0.25) is 0 Å². The molecule has 106 valence electrons. The van der Waals surface area contributed by atoms with Crippen molar-refractivity contribution in [2.24, 2.45) is 0 Å². The standard InChI is InChI=1S/C16H24O3/c1-3-4-5-6-9-12-15(17)13-10-7-8-11-14-16(18)19-2/h9,12H,3-4,7-8,10-11,13-14H2,1-2H3/b12-9+. The summed E-state index contributed by atoms with van der Waals surface area (Å²) in [7, 11) is 1.40. The van der Waals surface area contributed by atoms with Crippen LogP contribution in [-0.4, -0.2) is 18.9 Å². The number of unbranched alkanes of at least 4 members (excludes halogenated alkanes) is 4. The largest absolute Gasteiger partial charge is 0.469 e. The number of methoxy groups -OCH3 is 1. The fourth-order valence-corrected chi connectivity index (χ4v) is 1.50. The van der Waals surface area contributed by atoms with E-state index in [1.54, 1.807) is 12.2 Å². The predicted molar refractivity (Wildman–Crippen MR) is 76.5 cm³/mol. The van der Waals surface area contributed by atoms with Gasteiger partial charge in [-0.25, -0.2) is 0 Å². The van der Waals surface area contributed by atoms with Crippen molar-refractivity contribution in [2.75, 3.05) is 7.11 Å². The zero-order valence-corrected chi connectivity index (χ0v) is 12.0. The Morgan fingerprint density at radius 2 is 1.79 bits per heavy atom. The molecule has 0 radical (unpaired) electrons. The van der Waals surface area contributed by atoms with Gasteiger partial charge in [-0.15, -0.1) is 0 Å². The molecule has 0 atom stereocenters. The first-order valence-corrected chi connectivity index (χ1v) is 6.95. The third kappa shape index (κ3) is 12.7. The van der Waals surface area contributed by atoms with E-state index < -0.39 is 0 Å². The highest BCUT2D eigenvalue weighted by molar-refractivity contribution is 5.89. The fourth-order valence-electron chi connectivity index (χ4n) is 1.50. The molecule has 0 aromatic heterocycles. The lowest BCUT2D eigenvalue weighted by Crippen LogP contribution is -1.99. The average Bonchev–Trinajstić information content (AvgIpc) is 2.42. The maximum atomic E-state index is 11.4. The van der Waals surface area contributed by atoms with Crippen LogP contribution < -0.4 is 0 Å². The molecular weight excluding hydrogens is 240 g/mol. The SMILES string of the molecule is CCCC#C/C=C/C(=O)CCCCCCC(=O)OC. The summed E-state index contributed by atoms with van der Waals surface area (Å²) in [6, 6.07) is 0. The first kappa shape index (κ1) is 17.4. The number of rotatable bonds is 9. The maximum Gasteiger partial charge on any atom is 0.305 e. The molecule has 0 saturated heterocycles. The van der Waals surface area contributed by atoms with Gasteiger partial charge in [0.15, 0.2) is 5.78 Å². The number of hydrogen-bond donors (Lipinski definition) is 0. The molecule has 0 amide bonds. The number of carbonyl (C=O) groups excluding carboxylic acids is 2. The van der Waals surface area contributed by atoms with Gasteiger partial charge in [-0.05, 0) is 31.4 Å². The zero-order chi connectivity index (χ0) is 14.3. The molecule has 0 spiro atoms. The van der Waals surface area contributed by atoms with E-state index in [4.69, 9.17) is 0 Å². The lowest BCUT2D eigenvalue weighted by atomic mass is 10.1. The first-order chi connectivity index (χ1) is 9.20. The van der Waals surface area contributed by atoms with E-state index in [9.17, 15) is 9.59 Å². The highest BCUT2D eigenvalue weighted by Gasteiger charge is 2.00. The highest BCUT2D eigenvalue weighted by atomic mass is 16.5. The van der Waals surface area contributed by atoms with Gasteiger partial charge in [-0.3, -0.25) is 9.59 Å². The van der Waals surface area contributed by atoms with Crippen LogP contribution >= 0.6 is 0 Å². The summed E-state index contributed by atoms with van der Waals surface area (Å²) in [5.74, 6) is 5.76. The topological polar surface area (TPSA) is 43.4 Å². The number of carbonyl (C=O) groups is 2. The maximum absolute atomic E-state index is 11.4. The van der Waals surface area contributed by atoms with Crippen LogP contribution in [0.3, 0.4) is 0 Å². The van der Waals surface area contributed by atoms with Crippen molar-refractivity contribution >= 4 is 11.8 Å². The molecule has 0 aliphatic carbocycles. The molecule has 3 nitrogen and oxygen atoms in total. The second-order valence-corrected chi connectivity index (χ2v) is 4.36. The molecule has 0 aromatic carbocycles. The molecule has 0 N–H and O–H groups in total. The lowest BCUT2D eigenvalue weighted by Gasteiger charge is -1.99. The van der Waals surface area contributed by atoms with Gasteiger partial charge >= 0.3 is 5.97 Å². The second kappa shape index (κ2) is 12.9. The molecule has 0 fully saturated rings. The zero-order valence-electron chi connectivity index (χ0n) is 12.0. The summed E-state index contributed by atoms with van der Waals surface area (Å²) in [5, 5.41) is 0. The third-order valence-corrected chi connectivity index (χ3v) is 2.61. The van der Waals surface area contributed by atoms with Gasteiger partial charge < -0.3 is 4.74 Å². The summed E-state index contributed by atoms with van der Waals surface area (Å²) in [6.45, 7) is 2.07. The van der Waals surface area contributed by atoms with Crippen molar-refractivity contribution < 1.29 is 14.3 Å². The summed E-state index contributed by atoms with van der Waals surface area (Å²) >= 11 is 0. The smallest absolute Gasteiger partial charge is 0.305 e. The molecule has 0 aliphatic heterocycles. The van der Waals surface area contributed by atoms with Gasteiger partial charge in [0.1, 0.15) is 0 Å². The molecule has 0 heterocycles. The Morgan fingerprint density at radius 3 is 2.42 bits per heavy atom. The Labute approximate surface area is 116 Å². The summed E-state index contributed by atoms with van der Waals surface area (Å²) < 4.78 is 4.55. The van der Waals surface area contributed by atoms with Crippen LogP contribution in [0.4, 0.5) is 0 Å². The second-order valence-electron chi connectivity index (χ2n) is 4.36. The van der Waals surface area contributed by atoms with Crippen LogP contribution in [0.25, 0.3) is 0 Å². The first-order valence-electron chi connectivity index (χ1n) is 6.95. The molecule has 0 bridgehead atoms. The Balaban J connectivity index is 3.49. The number of esters is 1. The van der Waals surface area contributed by atoms with Gasteiger partial charge in [-0.1, -0.05) is 31.6 Å². The van der Waals surface area contributed by atoms with E-state index in [0.717, 1.165) is 38.5 Å². The van der Waals surface area contributed by atoms with Crippen molar-refractivity contribution in [2.45, 2.75) is 58.3 Å². The summed E-state index contributed by atoms with van der Waals surface area (Å²) in [5.41, 5.74) is 0. The van der Waals surface area contributed by atoms with Crippen molar-refractivity contribution in [3.8, 4) is 11.8 Å². The van der Waals surface area contributed by atoms with Gasteiger partial charge in [0.05, 0.1) is 7.11 Å². The Kier molecular flexibility index (Phi) is 11.8. The minimum Gasteiger partial charge on any atom is -0.469 e. The lowest BCUT2D eigenvalue weighted by molar-refractivity contribution is -0.140. The number of ketones is 1. The van der Waals surface area contributed by atoms with Gasteiger partial charge in [0.25, 0.3) is 0 Å². The summed E-state index contributed by atoms with van der Waals surface area (Å²) in [4.78, 5) is 22.3. The Morgan fingerprint density at radius 1 is 1.11 bits per heavy atom. The predicted octanol–water partition coefficient (Wildman–Crippen LogP) is 3.43. The Bertz CT molecular complexity index is 345. The van der Waals surface area contributed by atoms with E-state index in [0.29, 0.717) is 12.8 Å². The minimum absolute atomic E-state index is 0.124. The average molecular weight is 264 g/mol. The molecule has 19 heavy (non-hydrogen) atoms. The molecule has 0 aliphatic rings. The fraction of sp³-hybridized carbons (Fsp3) is 0.625. The van der Waals surface area contributed by atoms with Crippen molar-refractivity contribution in [3.05, 3.63) is 12.2 Å². The van der Waals surface area contributed by atoms with Crippen LogP contribution in [0, 0.1) is 11.8 Å². The monoisotopic (exact) mass is 264 g/mol. The van der Waals surface area contributed by atoms with Crippen molar-refractivity contribution in [1.82, 2.24) is 0 Å². The molecule has 0 saturated carbocycles. The van der Waals surface area contributed by atoms with Crippen LogP contribution in [0.5, 0.6) is 0 Å². The molecule has 3 heteroatoms. The molecule has 0 aromatic rings. The number of hydrogen-bond acceptors (Lipinski definition) is 3. The molecule has 0 unspecified atom stereocenters. The Hall–Kier alpha value is -1.56. The van der Waals surface area contributed by atoms with Crippen LogP contribution in [0.15, 0.2) is 12.2 Å². The van der Waals surface area contributed by atoms with E-state index >= 15 is 0 Å². The quantitative estimate of drug-likeness (QED) is 0.277. The van der Waals surface area contributed by atoms with E-state index in [1.165, 1.54) is 7.11 Å². The molecule has 0 rings (SSSR count). The van der Waals surface area contributed by atoms with Crippen molar-refractivity contribution in [3.63, 3.8) is 0 Å². The number of ether oxygens (including phenoxy) is 1. The van der Waals surface area contributed by atoms with Crippen LogP contribution in [0.1, 0.15) is 58.3 Å². The normalized spacial score (nSPS) is 10.0. The van der Waals surface area contributed by atoms with Crippen LogP contribution in [0.2, 0.25) is 0 Å². The van der Waals surface area contributed by atoms with Crippen molar-refractivity contribution in [1.29, 1.82) is 0 Å². The highest BCUT2D eigenvalue weighted by Crippen LogP contribution is 2.06. The third-order valence-electron chi connectivity index (χ3n) is 2.61. The van der Waals surface area contributed by atoms with Crippen LogP contribution in [-0.2, 0) is 14.3 Å². The van der Waals surface area contributed by atoms with Gasteiger partial charge in [0, 0.05) is 19.3 Å². The molecular formula is C16H24O3. The number of allylic oxidation sites excluding steroid dienone is 2. The van der Waals surface area contributed by atoms with E-state index in [2.05, 4.69) is 23.5 Å². The van der Waals surface area contributed by atoms with E-state index in [1.807, 2.05) is 0 Å². The van der Waals surface area contributed by atoms with Gasteiger partial charge in [-0.2, -0.15) is 0 Å². The summed E-state index contributed by atoms with van der Waals surface area (Å²) in [6.07, 6.45) is 9.76. The minimum atomic E-state index is -0.162. The van der Waals surface area contributed by atoms with E-state index in [-0.39, 0.29) is 11.8 Å².